The van der Waals surface area contributed by atoms with E-state index in [4.69, 9.17) is 4.62 Å². The van der Waals surface area contributed by atoms with E-state index in [0.29, 0.717) is 0 Å². The molecule has 0 spiro atoms. The molecule has 0 aromatic carbocycles. The lowest BCUT2D eigenvalue weighted by atomic mass is 11.0. The molecule has 0 aliphatic carbocycles. The van der Waals surface area contributed by atoms with Crippen LogP contribution in [0.2, 0.25) is 0 Å². The second-order valence-electron chi connectivity index (χ2n) is 1.82. The molecule has 0 fully saturated rings. The fourth-order valence-electron chi connectivity index (χ4n) is 0.552. The standard InChI is InChI=1S/C5H9N2O4P/c1-9-12(8,10-2)11-7-4-3-6-5-7/h3-5H,1-2H3. The third-order valence-corrected chi connectivity index (χ3v) is 2.40. The maximum Gasteiger partial charge on any atom is 0.548 e. The van der Waals surface area contributed by atoms with E-state index in [9.17, 15) is 4.57 Å². The Morgan fingerprint density at radius 2 is 2.08 bits per heavy atom. The molecule has 6 nitrogen and oxygen atoms in total. The minimum Gasteiger partial charge on any atom is -0.310 e. The normalized spacial score (nSPS) is 11.5. The van der Waals surface area contributed by atoms with Gasteiger partial charge in [-0.2, -0.15) is 4.73 Å². The molecular weight excluding hydrogens is 183 g/mol. The van der Waals surface area contributed by atoms with Crippen LogP contribution in [0.25, 0.3) is 0 Å². The van der Waals surface area contributed by atoms with Gasteiger partial charge in [-0.15, -0.1) is 0 Å². The molecule has 0 unspecified atom stereocenters. The Bertz CT molecular complexity index is 265. The monoisotopic (exact) mass is 192 g/mol. The van der Waals surface area contributed by atoms with Gasteiger partial charge < -0.3 is 4.62 Å². The molecule has 1 aromatic heterocycles. The average molecular weight is 192 g/mol. The number of imidazole rings is 1. The quantitative estimate of drug-likeness (QED) is 0.657. The number of rotatable bonds is 4. The van der Waals surface area contributed by atoms with E-state index >= 15 is 0 Å². The van der Waals surface area contributed by atoms with Gasteiger partial charge in [0.25, 0.3) is 0 Å². The molecule has 0 N–H and O–H groups in total. The van der Waals surface area contributed by atoms with Crippen molar-refractivity contribution in [2.24, 2.45) is 0 Å². The SMILES string of the molecule is COP(=O)(OC)On1ccnc1. The Kier molecular flexibility index (Phi) is 2.86. The first-order chi connectivity index (χ1) is 5.70. The summed E-state index contributed by atoms with van der Waals surface area (Å²) in [4.78, 5) is 3.68. The zero-order chi connectivity index (χ0) is 9.03. The predicted octanol–water partition coefficient (Wildman–Crippen LogP) is 0.713. The van der Waals surface area contributed by atoms with Crippen LogP contribution in [0.4, 0.5) is 0 Å². The number of phosphoric ester groups is 1. The number of phosphoric acid groups is 1. The first-order valence-electron chi connectivity index (χ1n) is 3.10. The van der Waals surface area contributed by atoms with Crippen LogP contribution in [0.5, 0.6) is 0 Å². The first kappa shape index (κ1) is 9.25. The molecule has 0 saturated carbocycles. The summed E-state index contributed by atoms with van der Waals surface area (Å²) in [5, 5.41) is 0. The highest BCUT2D eigenvalue weighted by atomic mass is 31.2. The van der Waals surface area contributed by atoms with E-state index in [1.54, 1.807) is 0 Å². The summed E-state index contributed by atoms with van der Waals surface area (Å²) in [6, 6.07) is 0. The van der Waals surface area contributed by atoms with Crippen LogP contribution in [0.3, 0.4) is 0 Å². The Balaban J connectivity index is 2.67. The molecule has 68 valence electrons. The number of hydrogen-bond acceptors (Lipinski definition) is 5. The Morgan fingerprint density at radius 3 is 2.50 bits per heavy atom. The smallest absolute Gasteiger partial charge is 0.310 e. The van der Waals surface area contributed by atoms with Crippen molar-refractivity contribution < 1.29 is 18.2 Å². The Morgan fingerprint density at radius 1 is 1.42 bits per heavy atom. The molecule has 0 aliphatic heterocycles. The van der Waals surface area contributed by atoms with Crippen molar-refractivity contribution in [1.29, 1.82) is 0 Å². The lowest BCUT2D eigenvalue weighted by molar-refractivity contribution is 0.139. The van der Waals surface area contributed by atoms with Crippen LogP contribution in [-0.2, 0) is 13.6 Å². The van der Waals surface area contributed by atoms with E-state index in [-0.39, 0.29) is 0 Å². The molecule has 0 amide bonds. The van der Waals surface area contributed by atoms with Gasteiger partial charge in [-0.25, -0.2) is 9.55 Å². The molecule has 0 aliphatic rings. The maximum absolute atomic E-state index is 11.3. The van der Waals surface area contributed by atoms with Gasteiger partial charge in [-0.1, -0.05) is 0 Å². The third-order valence-electron chi connectivity index (χ3n) is 1.12. The highest BCUT2D eigenvalue weighted by molar-refractivity contribution is 7.48. The van der Waals surface area contributed by atoms with Gasteiger partial charge in [0.2, 0.25) is 0 Å². The lowest BCUT2D eigenvalue weighted by Crippen LogP contribution is -2.08. The minimum atomic E-state index is -3.45. The first-order valence-corrected chi connectivity index (χ1v) is 4.56. The molecule has 1 aromatic rings. The van der Waals surface area contributed by atoms with Crippen LogP contribution < -0.4 is 4.62 Å². The second kappa shape index (κ2) is 3.71. The summed E-state index contributed by atoms with van der Waals surface area (Å²) in [5.41, 5.74) is 0. The van der Waals surface area contributed by atoms with E-state index < -0.39 is 7.82 Å². The van der Waals surface area contributed by atoms with E-state index in [1.165, 1.54) is 32.9 Å². The van der Waals surface area contributed by atoms with Crippen molar-refractivity contribution in [3.05, 3.63) is 18.7 Å². The van der Waals surface area contributed by atoms with Crippen molar-refractivity contribution in [3.63, 3.8) is 0 Å². The summed E-state index contributed by atoms with van der Waals surface area (Å²) in [7, 11) is -0.972. The Hall–Kier alpha value is -0.840. The van der Waals surface area contributed by atoms with Gasteiger partial charge >= 0.3 is 7.82 Å². The second-order valence-corrected chi connectivity index (χ2v) is 3.60. The fraction of sp³-hybridized carbons (Fsp3) is 0.400. The maximum atomic E-state index is 11.3. The third kappa shape index (κ3) is 2.07. The molecule has 0 saturated heterocycles. The molecular formula is C5H9N2O4P. The average Bonchev–Trinajstić information content (AvgIpc) is 2.57. The summed E-state index contributed by atoms with van der Waals surface area (Å²) in [6.45, 7) is 0. The van der Waals surface area contributed by atoms with Crippen molar-refractivity contribution in [3.8, 4) is 0 Å². The molecule has 12 heavy (non-hydrogen) atoms. The van der Waals surface area contributed by atoms with Gasteiger partial charge in [0.1, 0.15) is 6.33 Å². The number of aromatic nitrogens is 2. The molecule has 0 atom stereocenters. The molecule has 0 radical (unpaired) electrons. The van der Waals surface area contributed by atoms with E-state index in [1.807, 2.05) is 0 Å². The van der Waals surface area contributed by atoms with Crippen LogP contribution >= 0.6 is 7.82 Å². The summed E-state index contributed by atoms with van der Waals surface area (Å²) >= 11 is 0. The molecule has 0 bridgehead atoms. The highest BCUT2D eigenvalue weighted by Crippen LogP contribution is 2.43. The van der Waals surface area contributed by atoms with Crippen LogP contribution in [0, 0.1) is 0 Å². The van der Waals surface area contributed by atoms with Crippen molar-refractivity contribution >= 4 is 7.82 Å². The number of nitrogens with zero attached hydrogens (tertiary/aromatic N) is 2. The van der Waals surface area contributed by atoms with E-state index in [2.05, 4.69) is 14.0 Å². The van der Waals surface area contributed by atoms with Gasteiger partial charge in [-0.05, 0) is 0 Å². The molecule has 1 heterocycles. The predicted molar refractivity (Wildman–Crippen MR) is 40.4 cm³/mol. The summed E-state index contributed by atoms with van der Waals surface area (Å²) in [5.74, 6) is 0. The van der Waals surface area contributed by atoms with Crippen molar-refractivity contribution in [2.45, 2.75) is 0 Å². The largest absolute Gasteiger partial charge is 0.548 e. The topological polar surface area (TPSA) is 62.6 Å². The Labute approximate surface area is 69.6 Å². The van der Waals surface area contributed by atoms with Crippen molar-refractivity contribution in [1.82, 2.24) is 9.71 Å². The summed E-state index contributed by atoms with van der Waals surface area (Å²) in [6.07, 6.45) is 4.30. The fourth-order valence-corrected chi connectivity index (χ4v) is 1.16. The van der Waals surface area contributed by atoms with Gasteiger partial charge in [0, 0.05) is 20.4 Å². The molecule has 7 heteroatoms. The van der Waals surface area contributed by atoms with Gasteiger partial charge in [0.05, 0.1) is 6.20 Å². The van der Waals surface area contributed by atoms with Crippen LogP contribution in [-0.4, -0.2) is 23.9 Å². The van der Waals surface area contributed by atoms with Gasteiger partial charge in [0.15, 0.2) is 0 Å². The highest BCUT2D eigenvalue weighted by Gasteiger charge is 2.24. The zero-order valence-corrected chi connectivity index (χ0v) is 7.60. The minimum absolute atomic E-state index is 1.15. The van der Waals surface area contributed by atoms with Crippen LogP contribution in [0.15, 0.2) is 18.7 Å². The number of hydrogen-bond donors (Lipinski definition) is 0. The summed E-state index contributed by atoms with van der Waals surface area (Å²) < 4.78 is 26.3. The van der Waals surface area contributed by atoms with Gasteiger partial charge in [-0.3, -0.25) is 9.05 Å². The molecule has 1 rings (SSSR count). The van der Waals surface area contributed by atoms with Crippen molar-refractivity contribution in [2.75, 3.05) is 14.2 Å². The lowest BCUT2D eigenvalue weighted by Gasteiger charge is -2.12. The van der Waals surface area contributed by atoms with E-state index in [0.717, 1.165) is 4.73 Å². The van der Waals surface area contributed by atoms with Crippen LogP contribution in [0.1, 0.15) is 0 Å². The zero-order valence-electron chi connectivity index (χ0n) is 6.71.